The number of carbonyl (C=O) groups is 2. The van der Waals surface area contributed by atoms with E-state index in [2.05, 4.69) is 10.6 Å². The molecule has 1 aromatic carbocycles. The summed E-state index contributed by atoms with van der Waals surface area (Å²) >= 11 is 0. The number of anilines is 1. The quantitative estimate of drug-likeness (QED) is 0.560. The number of hydrogen-bond donors (Lipinski definition) is 2. The van der Waals surface area contributed by atoms with Crippen LogP contribution in [0, 0.1) is 0 Å². The second kappa shape index (κ2) is 7.02. The second-order valence-electron chi connectivity index (χ2n) is 4.66. The van der Waals surface area contributed by atoms with Crippen LogP contribution in [-0.4, -0.2) is 45.2 Å². The maximum atomic E-state index is 11.3. The standard InChI is InChI=1S/C14H19N3O3/c1-20-7-6-15-8-11-2-4-12(5-3-11)17-9-13(18)16-14(19)10-17/h2-5,15H,6-10H2,1H3,(H,16,18,19). The molecule has 1 fully saturated rings. The lowest BCUT2D eigenvalue weighted by molar-refractivity contribution is -0.130. The van der Waals surface area contributed by atoms with E-state index in [4.69, 9.17) is 4.74 Å². The van der Waals surface area contributed by atoms with Crippen LogP contribution >= 0.6 is 0 Å². The van der Waals surface area contributed by atoms with Gasteiger partial charge in [-0.2, -0.15) is 0 Å². The number of hydrogen-bond acceptors (Lipinski definition) is 5. The number of rotatable bonds is 6. The Labute approximate surface area is 118 Å². The topological polar surface area (TPSA) is 70.7 Å². The van der Waals surface area contributed by atoms with Gasteiger partial charge < -0.3 is 15.0 Å². The van der Waals surface area contributed by atoms with Crippen LogP contribution in [0.15, 0.2) is 24.3 Å². The third-order valence-electron chi connectivity index (χ3n) is 3.06. The van der Waals surface area contributed by atoms with E-state index in [1.54, 1.807) is 12.0 Å². The van der Waals surface area contributed by atoms with E-state index in [9.17, 15) is 9.59 Å². The van der Waals surface area contributed by atoms with Crippen LogP contribution in [0.5, 0.6) is 0 Å². The van der Waals surface area contributed by atoms with Crippen molar-refractivity contribution >= 4 is 17.5 Å². The van der Waals surface area contributed by atoms with Crippen molar-refractivity contribution in [2.75, 3.05) is 38.3 Å². The Bertz CT molecular complexity index is 457. The van der Waals surface area contributed by atoms with Crippen LogP contribution < -0.4 is 15.5 Å². The van der Waals surface area contributed by atoms with Crippen LogP contribution in [-0.2, 0) is 20.9 Å². The summed E-state index contributed by atoms with van der Waals surface area (Å²) in [6.45, 7) is 2.69. The van der Waals surface area contributed by atoms with E-state index in [1.807, 2.05) is 24.3 Å². The first kappa shape index (κ1) is 14.5. The number of nitrogens with one attached hydrogen (secondary N) is 2. The van der Waals surface area contributed by atoms with Crippen LogP contribution in [0.2, 0.25) is 0 Å². The largest absolute Gasteiger partial charge is 0.383 e. The fraction of sp³-hybridized carbons (Fsp3) is 0.429. The van der Waals surface area contributed by atoms with Gasteiger partial charge in [-0.15, -0.1) is 0 Å². The SMILES string of the molecule is COCCNCc1ccc(N2CC(=O)NC(=O)C2)cc1. The normalized spacial score (nSPS) is 15.3. The monoisotopic (exact) mass is 277 g/mol. The van der Waals surface area contributed by atoms with Crippen LogP contribution in [0.4, 0.5) is 5.69 Å². The predicted molar refractivity (Wildman–Crippen MR) is 75.4 cm³/mol. The molecule has 20 heavy (non-hydrogen) atoms. The van der Waals surface area contributed by atoms with Gasteiger partial charge in [-0.05, 0) is 17.7 Å². The lowest BCUT2D eigenvalue weighted by Crippen LogP contribution is -2.51. The molecule has 0 spiro atoms. The molecule has 0 radical (unpaired) electrons. The van der Waals surface area contributed by atoms with Gasteiger partial charge in [0.1, 0.15) is 0 Å². The molecular weight excluding hydrogens is 258 g/mol. The molecule has 0 aliphatic carbocycles. The van der Waals surface area contributed by atoms with Gasteiger partial charge in [0.2, 0.25) is 11.8 Å². The first-order valence-corrected chi connectivity index (χ1v) is 6.55. The number of nitrogens with zero attached hydrogens (tertiary/aromatic N) is 1. The van der Waals surface area contributed by atoms with E-state index < -0.39 is 0 Å². The molecule has 0 saturated carbocycles. The molecule has 2 N–H and O–H groups in total. The van der Waals surface area contributed by atoms with Crippen molar-refractivity contribution in [2.24, 2.45) is 0 Å². The molecule has 2 rings (SSSR count). The molecule has 6 heteroatoms. The molecule has 1 aliphatic heterocycles. The summed E-state index contributed by atoms with van der Waals surface area (Å²) < 4.78 is 4.96. The fourth-order valence-electron chi connectivity index (χ4n) is 2.05. The van der Waals surface area contributed by atoms with Crippen molar-refractivity contribution in [1.29, 1.82) is 0 Å². The number of methoxy groups -OCH3 is 1. The number of imide groups is 1. The van der Waals surface area contributed by atoms with Gasteiger partial charge in [-0.3, -0.25) is 14.9 Å². The number of ether oxygens (including phenoxy) is 1. The van der Waals surface area contributed by atoms with E-state index in [0.717, 1.165) is 24.3 Å². The first-order valence-electron chi connectivity index (χ1n) is 6.55. The summed E-state index contributed by atoms with van der Waals surface area (Å²) in [6.07, 6.45) is 0. The molecule has 0 unspecified atom stereocenters. The van der Waals surface area contributed by atoms with Gasteiger partial charge >= 0.3 is 0 Å². The Morgan fingerprint density at radius 3 is 2.45 bits per heavy atom. The van der Waals surface area contributed by atoms with Crippen LogP contribution in [0.3, 0.4) is 0 Å². The number of piperazine rings is 1. The van der Waals surface area contributed by atoms with Crippen molar-refractivity contribution in [3.8, 4) is 0 Å². The van der Waals surface area contributed by atoms with Crippen LogP contribution in [0.1, 0.15) is 5.56 Å². The van der Waals surface area contributed by atoms with E-state index in [0.29, 0.717) is 6.61 Å². The van der Waals surface area contributed by atoms with Gasteiger partial charge in [0, 0.05) is 25.9 Å². The molecule has 1 heterocycles. The number of benzene rings is 1. The van der Waals surface area contributed by atoms with Crippen LogP contribution in [0.25, 0.3) is 0 Å². The van der Waals surface area contributed by atoms with E-state index >= 15 is 0 Å². The second-order valence-corrected chi connectivity index (χ2v) is 4.66. The molecule has 0 bridgehead atoms. The maximum absolute atomic E-state index is 11.3. The Balaban J connectivity index is 1.90. The summed E-state index contributed by atoms with van der Waals surface area (Å²) in [7, 11) is 1.67. The fourth-order valence-corrected chi connectivity index (χ4v) is 2.05. The van der Waals surface area contributed by atoms with Crippen molar-refractivity contribution in [3.05, 3.63) is 29.8 Å². The molecule has 6 nitrogen and oxygen atoms in total. The maximum Gasteiger partial charge on any atom is 0.246 e. The zero-order chi connectivity index (χ0) is 14.4. The average molecular weight is 277 g/mol. The third kappa shape index (κ3) is 4.04. The molecule has 1 saturated heterocycles. The van der Waals surface area contributed by atoms with Gasteiger partial charge in [0.05, 0.1) is 19.7 Å². The highest BCUT2D eigenvalue weighted by Crippen LogP contribution is 2.16. The summed E-state index contributed by atoms with van der Waals surface area (Å²) in [5.41, 5.74) is 2.03. The van der Waals surface area contributed by atoms with Gasteiger partial charge in [-0.25, -0.2) is 0 Å². The summed E-state index contributed by atoms with van der Waals surface area (Å²) in [4.78, 5) is 24.4. The smallest absolute Gasteiger partial charge is 0.246 e. The van der Waals surface area contributed by atoms with Crippen molar-refractivity contribution in [3.63, 3.8) is 0 Å². The molecule has 0 aromatic heterocycles. The highest BCUT2D eigenvalue weighted by Gasteiger charge is 2.22. The molecule has 0 atom stereocenters. The third-order valence-corrected chi connectivity index (χ3v) is 3.06. The summed E-state index contributed by atoms with van der Waals surface area (Å²) in [5.74, 6) is -0.516. The lowest BCUT2D eigenvalue weighted by Gasteiger charge is -2.27. The Morgan fingerprint density at radius 2 is 1.85 bits per heavy atom. The lowest BCUT2D eigenvalue weighted by atomic mass is 10.2. The predicted octanol–water partition coefficient (Wildman–Crippen LogP) is -0.115. The van der Waals surface area contributed by atoms with E-state index in [1.165, 1.54) is 0 Å². The minimum absolute atomic E-state index is 0.219. The van der Waals surface area contributed by atoms with Crippen molar-refractivity contribution in [2.45, 2.75) is 6.54 Å². The highest BCUT2D eigenvalue weighted by atomic mass is 16.5. The van der Waals surface area contributed by atoms with Gasteiger partial charge in [-0.1, -0.05) is 12.1 Å². The number of carbonyl (C=O) groups excluding carboxylic acids is 2. The zero-order valence-electron chi connectivity index (χ0n) is 11.5. The van der Waals surface area contributed by atoms with Gasteiger partial charge in [0.25, 0.3) is 0 Å². The Kier molecular flexibility index (Phi) is 5.09. The molecule has 1 aliphatic rings. The van der Waals surface area contributed by atoms with Crippen molar-refractivity contribution < 1.29 is 14.3 Å². The Morgan fingerprint density at radius 1 is 1.20 bits per heavy atom. The minimum atomic E-state index is -0.258. The number of amides is 2. The molecule has 108 valence electrons. The average Bonchev–Trinajstić information content (AvgIpc) is 2.43. The van der Waals surface area contributed by atoms with E-state index in [-0.39, 0.29) is 24.9 Å². The summed E-state index contributed by atoms with van der Waals surface area (Å²) in [6, 6.07) is 7.84. The highest BCUT2D eigenvalue weighted by molar-refractivity contribution is 6.02. The molecular formula is C14H19N3O3. The van der Waals surface area contributed by atoms with Crippen molar-refractivity contribution in [1.82, 2.24) is 10.6 Å². The first-order chi connectivity index (χ1) is 9.69. The minimum Gasteiger partial charge on any atom is -0.383 e. The molecule has 2 amide bonds. The van der Waals surface area contributed by atoms with Gasteiger partial charge in [0.15, 0.2) is 0 Å². The molecule has 1 aromatic rings. The summed E-state index contributed by atoms with van der Waals surface area (Å²) in [5, 5.41) is 5.55. The zero-order valence-corrected chi connectivity index (χ0v) is 11.5. The Hall–Kier alpha value is -1.92.